The van der Waals surface area contributed by atoms with Crippen LogP contribution < -0.4 is 0 Å². The maximum Gasteiger partial charge on any atom is 0.311 e. The van der Waals surface area contributed by atoms with E-state index in [1.54, 1.807) is 30.3 Å². The van der Waals surface area contributed by atoms with Crippen molar-refractivity contribution >= 4 is 29.4 Å². The van der Waals surface area contributed by atoms with Gasteiger partial charge in [-0.3, -0.25) is 9.59 Å². The average Bonchev–Trinajstić information content (AvgIpc) is 2.16. The lowest BCUT2D eigenvalue weighted by Gasteiger charge is -1.93. The van der Waals surface area contributed by atoms with E-state index in [1.807, 2.05) is 0 Å². The van der Waals surface area contributed by atoms with E-state index in [4.69, 9.17) is 16.7 Å². The number of halogens is 1. The SMILES string of the molecule is O=C(O)CC(=O)/C=C/c1ccc(Cl)cc1. The van der Waals surface area contributed by atoms with Gasteiger partial charge in [-0.05, 0) is 23.8 Å². The number of benzene rings is 1. The van der Waals surface area contributed by atoms with Gasteiger partial charge < -0.3 is 5.11 Å². The Labute approximate surface area is 92.0 Å². The molecule has 0 unspecified atom stereocenters. The first-order valence-corrected chi connectivity index (χ1v) is 4.64. The third-order valence-corrected chi connectivity index (χ3v) is 1.91. The number of carboxylic acids is 1. The Morgan fingerprint density at radius 2 is 1.87 bits per heavy atom. The minimum atomic E-state index is -1.12. The molecule has 1 N–H and O–H groups in total. The number of hydrogen-bond acceptors (Lipinski definition) is 2. The highest BCUT2D eigenvalue weighted by Gasteiger charge is 2.02. The second-order valence-corrected chi connectivity index (χ2v) is 3.36. The summed E-state index contributed by atoms with van der Waals surface area (Å²) < 4.78 is 0. The van der Waals surface area contributed by atoms with Gasteiger partial charge in [0.1, 0.15) is 6.42 Å². The van der Waals surface area contributed by atoms with Crippen molar-refractivity contribution in [1.82, 2.24) is 0 Å². The van der Waals surface area contributed by atoms with Gasteiger partial charge in [0.2, 0.25) is 0 Å². The van der Waals surface area contributed by atoms with Crippen LogP contribution in [-0.2, 0) is 9.59 Å². The summed E-state index contributed by atoms with van der Waals surface area (Å²) >= 11 is 5.67. The zero-order valence-electron chi connectivity index (χ0n) is 7.81. The van der Waals surface area contributed by atoms with Crippen LogP contribution in [-0.4, -0.2) is 16.9 Å². The van der Waals surface area contributed by atoms with Crippen LogP contribution in [0.15, 0.2) is 30.3 Å². The molecule has 3 nitrogen and oxygen atoms in total. The van der Waals surface area contributed by atoms with Crippen LogP contribution in [0.5, 0.6) is 0 Å². The lowest BCUT2D eigenvalue weighted by atomic mass is 10.2. The molecule has 0 saturated carbocycles. The average molecular weight is 225 g/mol. The quantitative estimate of drug-likeness (QED) is 0.631. The van der Waals surface area contributed by atoms with Crippen molar-refractivity contribution < 1.29 is 14.7 Å². The molecule has 4 heteroatoms. The smallest absolute Gasteiger partial charge is 0.311 e. The number of rotatable bonds is 4. The molecule has 0 aliphatic rings. The van der Waals surface area contributed by atoms with Crippen molar-refractivity contribution in [3.63, 3.8) is 0 Å². The Morgan fingerprint density at radius 1 is 1.27 bits per heavy atom. The first-order valence-electron chi connectivity index (χ1n) is 4.26. The molecule has 0 heterocycles. The Morgan fingerprint density at radius 3 is 2.40 bits per heavy atom. The fourth-order valence-corrected chi connectivity index (χ4v) is 1.10. The maximum atomic E-state index is 11.0. The number of hydrogen-bond donors (Lipinski definition) is 1. The molecule has 0 aliphatic heterocycles. The van der Waals surface area contributed by atoms with Crippen LogP contribution in [0.1, 0.15) is 12.0 Å². The van der Waals surface area contributed by atoms with E-state index in [2.05, 4.69) is 0 Å². The van der Waals surface area contributed by atoms with Crippen molar-refractivity contribution in [2.75, 3.05) is 0 Å². The summed E-state index contributed by atoms with van der Waals surface area (Å²) in [5.74, 6) is -1.56. The summed E-state index contributed by atoms with van der Waals surface area (Å²) in [4.78, 5) is 21.2. The lowest BCUT2D eigenvalue weighted by molar-refractivity contribution is -0.139. The number of carboxylic acid groups (broad SMARTS) is 1. The molecule has 0 atom stereocenters. The van der Waals surface area contributed by atoms with Crippen molar-refractivity contribution in [1.29, 1.82) is 0 Å². The first kappa shape index (κ1) is 11.5. The Bertz CT molecular complexity index is 393. The van der Waals surface area contributed by atoms with Crippen LogP contribution >= 0.6 is 11.6 Å². The van der Waals surface area contributed by atoms with E-state index in [-0.39, 0.29) is 0 Å². The highest BCUT2D eigenvalue weighted by Crippen LogP contribution is 2.10. The summed E-state index contributed by atoms with van der Waals surface area (Å²) in [6.45, 7) is 0. The molecule has 15 heavy (non-hydrogen) atoms. The molecule has 0 amide bonds. The largest absolute Gasteiger partial charge is 0.481 e. The Kier molecular flexibility index (Phi) is 4.06. The molecule has 78 valence electrons. The van der Waals surface area contributed by atoms with Crippen LogP contribution in [0.3, 0.4) is 0 Å². The molecule has 0 saturated heterocycles. The molecular weight excluding hydrogens is 216 g/mol. The molecule has 0 fully saturated rings. The van der Waals surface area contributed by atoms with Gasteiger partial charge >= 0.3 is 5.97 Å². The molecule has 0 aliphatic carbocycles. The van der Waals surface area contributed by atoms with Crippen LogP contribution in [0.25, 0.3) is 6.08 Å². The predicted molar refractivity (Wildman–Crippen MR) is 57.7 cm³/mol. The van der Waals surface area contributed by atoms with Gasteiger partial charge in [-0.25, -0.2) is 0 Å². The minimum absolute atomic E-state index is 0.433. The van der Waals surface area contributed by atoms with Gasteiger partial charge in [-0.15, -0.1) is 0 Å². The number of allylic oxidation sites excluding steroid dienone is 1. The normalized spacial score (nSPS) is 10.5. The minimum Gasteiger partial charge on any atom is -0.481 e. The number of carbonyl (C=O) groups is 2. The van der Waals surface area contributed by atoms with Crippen LogP contribution in [0.4, 0.5) is 0 Å². The van der Waals surface area contributed by atoms with Crippen molar-refractivity contribution in [3.05, 3.63) is 40.9 Å². The van der Waals surface area contributed by atoms with Crippen molar-refractivity contribution in [3.8, 4) is 0 Å². The molecule has 1 aromatic rings. The second-order valence-electron chi connectivity index (χ2n) is 2.92. The zero-order chi connectivity index (χ0) is 11.3. The van der Waals surface area contributed by atoms with E-state index < -0.39 is 18.2 Å². The second kappa shape index (κ2) is 5.32. The third-order valence-electron chi connectivity index (χ3n) is 1.66. The van der Waals surface area contributed by atoms with Gasteiger partial charge in [0.15, 0.2) is 5.78 Å². The highest BCUT2D eigenvalue weighted by atomic mass is 35.5. The molecule has 1 rings (SSSR count). The standard InChI is InChI=1S/C11H9ClO3/c12-9-4-1-8(2-5-9)3-6-10(13)7-11(14)15/h1-6H,7H2,(H,14,15)/b6-3+. The monoisotopic (exact) mass is 224 g/mol. The first-order chi connectivity index (χ1) is 7.08. The van der Waals surface area contributed by atoms with Crippen LogP contribution in [0.2, 0.25) is 5.02 Å². The topological polar surface area (TPSA) is 54.4 Å². The highest BCUT2D eigenvalue weighted by molar-refractivity contribution is 6.30. The Balaban J connectivity index is 2.61. The van der Waals surface area contributed by atoms with E-state index in [9.17, 15) is 9.59 Å². The lowest BCUT2D eigenvalue weighted by Crippen LogP contribution is -2.02. The maximum absolute atomic E-state index is 11.0. The van der Waals surface area contributed by atoms with Gasteiger partial charge in [0, 0.05) is 5.02 Å². The third kappa shape index (κ3) is 4.42. The fourth-order valence-electron chi connectivity index (χ4n) is 0.971. The van der Waals surface area contributed by atoms with Gasteiger partial charge in [0.05, 0.1) is 0 Å². The Hall–Kier alpha value is -1.61. The number of aliphatic carboxylic acids is 1. The van der Waals surface area contributed by atoms with Crippen molar-refractivity contribution in [2.45, 2.75) is 6.42 Å². The summed E-state index contributed by atoms with van der Waals surface area (Å²) in [7, 11) is 0. The number of carbonyl (C=O) groups excluding carboxylic acids is 1. The van der Waals surface area contributed by atoms with E-state index in [0.717, 1.165) is 5.56 Å². The van der Waals surface area contributed by atoms with Gasteiger partial charge in [0.25, 0.3) is 0 Å². The molecule has 0 spiro atoms. The van der Waals surface area contributed by atoms with E-state index in [1.165, 1.54) is 6.08 Å². The number of ketones is 1. The summed E-state index contributed by atoms with van der Waals surface area (Å²) in [6.07, 6.45) is 2.32. The molecule has 0 bridgehead atoms. The fraction of sp³-hybridized carbons (Fsp3) is 0.0909. The molecular formula is C11H9ClO3. The molecule has 0 radical (unpaired) electrons. The van der Waals surface area contributed by atoms with E-state index >= 15 is 0 Å². The summed E-state index contributed by atoms with van der Waals surface area (Å²) in [5, 5.41) is 8.96. The van der Waals surface area contributed by atoms with Crippen molar-refractivity contribution in [2.24, 2.45) is 0 Å². The van der Waals surface area contributed by atoms with Crippen LogP contribution in [0, 0.1) is 0 Å². The molecule has 0 aromatic heterocycles. The van der Waals surface area contributed by atoms with E-state index in [0.29, 0.717) is 5.02 Å². The van der Waals surface area contributed by atoms with Gasteiger partial charge in [-0.2, -0.15) is 0 Å². The predicted octanol–water partition coefficient (Wildman–Crippen LogP) is 2.40. The molecule has 1 aromatic carbocycles. The van der Waals surface area contributed by atoms with Gasteiger partial charge in [-0.1, -0.05) is 29.8 Å². The summed E-state index contributed by atoms with van der Waals surface area (Å²) in [6, 6.07) is 6.88. The zero-order valence-corrected chi connectivity index (χ0v) is 8.57. The summed E-state index contributed by atoms with van der Waals surface area (Å²) in [5.41, 5.74) is 0.804.